The molecule has 4 atom stereocenters. The number of hydrogen-bond acceptors (Lipinski definition) is 5. The van der Waals surface area contributed by atoms with E-state index in [-0.39, 0.29) is 5.92 Å². The summed E-state index contributed by atoms with van der Waals surface area (Å²) in [6.07, 6.45) is 0. The Morgan fingerprint density at radius 1 is 1.41 bits per heavy atom. The molecule has 1 aliphatic carbocycles. The van der Waals surface area contributed by atoms with E-state index in [1.807, 2.05) is 31.2 Å². The second-order valence-corrected chi connectivity index (χ2v) is 7.31. The first kappa shape index (κ1) is 13.6. The summed E-state index contributed by atoms with van der Waals surface area (Å²) in [4.78, 5) is 3.12. The van der Waals surface area contributed by atoms with E-state index in [1.165, 1.54) is 11.8 Å². The lowest BCUT2D eigenvalue weighted by Gasteiger charge is -2.23. The number of nitrogens with two attached hydrogens (primary N) is 1. The van der Waals surface area contributed by atoms with Crippen LogP contribution in [0.1, 0.15) is 17.0 Å². The first-order valence-electron chi connectivity index (χ1n) is 7.16. The van der Waals surface area contributed by atoms with Gasteiger partial charge in [0, 0.05) is 11.7 Å². The molecule has 0 aromatic heterocycles. The summed E-state index contributed by atoms with van der Waals surface area (Å²) < 4.78 is 5.91. The Bertz CT molecular complexity index is 786. The molecular weight excluding hydrogens is 296 g/mol. The van der Waals surface area contributed by atoms with Crippen molar-refractivity contribution < 1.29 is 9.73 Å². The summed E-state index contributed by atoms with van der Waals surface area (Å²) in [6, 6.07) is 12.7. The predicted octanol–water partition coefficient (Wildman–Crippen LogP) is -0.0192. The maximum Gasteiger partial charge on any atom is 0.277 e. The maximum absolute atomic E-state index is 10.0. The number of amidine groups is 1. The number of nitrogens with zero attached hydrogens (tertiary/aromatic N) is 2. The lowest BCUT2D eigenvalue weighted by molar-refractivity contribution is -0.583. The van der Waals surface area contributed by atoms with Gasteiger partial charge in [0.25, 0.3) is 10.9 Å². The van der Waals surface area contributed by atoms with Gasteiger partial charge in [0.1, 0.15) is 0 Å². The van der Waals surface area contributed by atoms with Crippen LogP contribution in [-0.4, -0.2) is 23.3 Å². The van der Waals surface area contributed by atoms with Gasteiger partial charge in [-0.25, -0.2) is 4.99 Å². The van der Waals surface area contributed by atoms with Crippen molar-refractivity contribution in [3.8, 4) is 12.1 Å². The van der Waals surface area contributed by atoms with Crippen molar-refractivity contribution in [2.75, 3.05) is 12.4 Å². The summed E-state index contributed by atoms with van der Waals surface area (Å²) in [5.41, 5.74) is 6.26. The van der Waals surface area contributed by atoms with Crippen LogP contribution < -0.4 is 10.7 Å². The van der Waals surface area contributed by atoms with Gasteiger partial charge in [-0.05, 0) is 12.5 Å². The van der Waals surface area contributed by atoms with E-state index in [4.69, 9.17) is 10.5 Å². The fraction of sp³-hybridized carbons (Fsp3) is 0.438. The molecule has 5 nitrogen and oxygen atoms in total. The van der Waals surface area contributed by atoms with Gasteiger partial charge in [-0.2, -0.15) is 10.5 Å². The standard InChI is InChI=1S/C16H14N4OS/c1-10-3-2-4-11(7-10)12-14(8-17)13(19)20-16(15(12,14)9-18)21-5-6-22-16/h2-4,7,12H,5-6H2,1H3,(H2,19,20)/p+1/t12-,14+,15+,16+/m0/s1. The van der Waals surface area contributed by atoms with Crippen LogP contribution in [0.5, 0.6) is 0 Å². The predicted molar refractivity (Wildman–Crippen MR) is 81.3 cm³/mol. The first-order valence-corrected chi connectivity index (χ1v) is 8.14. The van der Waals surface area contributed by atoms with E-state index < -0.39 is 15.9 Å². The summed E-state index contributed by atoms with van der Waals surface area (Å²) in [6.45, 7) is 2.55. The number of rotatable bonds is 1. The largest absolute Gasteiger partial charge is 0.327 e. The molecular formula is C16H15N4OS+. The quantitative estimate of drug-likeness (QED) is 0.760. The van der Waals surface area contributed by atoms with Crippen LogP contribution in [0.4, 0.5) is 0 Å². The lowest BCUT2D eigenvalue weighted by atomic mass is 9.95. The van der Waals surface area contributed by atoms with Crippen LogP contribution in [-0.2, 0) is 4.74 Å². The summed E-state index contributed by atoms with van der Waals surface area (Å²) in [7, 11) is 0. The molecule has 1 saturated heterocycles. The van der Waals surface area contributed by atoms with Gasteiger partial charge in [-0.15, -0.1) is 0 Å². The van der Waals surface area contributed by atoms with Crippen LogP contribution in [0.3, 0.4) is 0 Å². The summed E-state index contributed by atoms with van der Waals surface area (Å²) in [5.74, 6) is 0.880. The Balaban J connectivity index is 1.94. The molecule has 2 aliphatic heterocycles. The molecule has 1 aromatic carbocycles. The Morgan fingerprint density at radius 3 is 2.82 bits per heavy atom. The van der Waals surface area contributed by atoms with Crippen molar-refractivity contribution in [1.82, 2.24) is 0 Å². The molecule has 0 radical (unpaired) electrons. The molecule has 1 saturated carbocycles. The highest BCUT2D eigenvalue weighted by molar-refractivity contribution is 8.00. The first-order chi connectivity index (χ1) is 10.6. The molecule has 2 heterocycles. The fourth-order valence-corrected chi connectivity index (χ4v) is 5.52. The van der Waals surface area contributed by atoms with Crippen molar-refractivity contribution >= 4 is 17.6 Å². The van der Waals surface area contributed by atoms with Crippen LogP contribution in [0, 0.1) is 40.4 Å². The minimum atomic E-state index is -1.02. The Labute approximate surface area is 132 Å². The van der Waals surface area contributed by atoms with Crippen LogP contribution >= 0.6 is 11.8 Å². The van der Waals surface area contributed by atoms with E-state index in [2.05, 4.69) is 17.1 Å². The molecule has 110 valence electrons. The molecule has 0 unspecified atom stereocenters. The van der Waals surface area contributed by atoms with Gasteiger partial charge < -0.3 is 4.74 Å². The second-order valence-electron chi connectivity index (χ2n) is 6.04. The summed E-state index contributed by atoms with van der Waals surface area (Å²) >= 11 is 1.54. The SMILES string of the molecule is Cc1cccc([C@@H]2[C@@]3(C#N)[C@@]4([NH+]=C(N)[C@@]23C#N)OCCS4)c1. The van der Waals surface area contributed by atoms with Gasteiger partial charge in [0.05, 0.1) is 18.7 Å². The average molecular weight is 311 g/mol. The van der Waals surface area contributed by atoms with Gasteiger partial charge in [-0.3, -0.25) is 5.73 Å². The second kappa shape index (κ2) is 4.04. The molecule has 4 rings (SSSR count). The van der Waals surface area contributed by atoms with Crippen molar-refractivity contribution in [3.63, 3.8) is 0 Å². The number of fused-ring (bicyclic) bond motifs is 2. The van der Waals surface area contributed by atoms with Crippen molar-refractivity contribution in [1.29, 1.82) is 10.5 Å². The molecule has 3 N–H and O–H groups in total. The molecule has 2 fully saturated rings. The van der Waals surface area contributed by atoms with E-state index in [9.17, 15) is 10.5 Å². The molecule has 1 aromatic rings. The highest BCUT2D eigenvalue weighted by Crippen LogP contribution is 2.80. The Kier molecular flexibility index (Phi) is 2.50. The van der Waals surface area contributed by atoms with Crippen LogP contribution in [0.15, 0.2) is 24.3 Å². The highest BCUT2D eigenvalue weighted by atomic mass is 32.2. The smallest absolute Gasteiger partial charge is 0.277 e. The topological polar surface area (TPSA) is 96.8 Å². The molecule has 0 amide bonds. The number of nitriles is 2. The monoisotopic (exact) mass is 311 g/mol. The zero-order valence-corrected chi connectivity index (χ0v) is 12.9. The third-order valence-electron chi connectivity index (χ3n) is 5.07. The molecule has 6 heteroatoms. The maximum atomic E-state index is 10.0. The van der Waals surface area contributed by atoms with Crippen molar-refractivity contribution in [2.45, 2.75) is 17.9 Å². The average Bonchev–Trinajstić information content (AvgIpc) is 2.77. The summed E-state index contributed by atoms with van der Waals surface area (Å²) in [5, 5.41) is 19.0. The number of nitrogens with one attached hydrogen (secondary N) is 1. The van der Waals surface area contributed by atoms with Crippen LogP contribution in [0.2, 0.25) is 0 Å². The Morgan fingerprint density at radius 2 is 2.23 bits per heavy atom. The Hall–Kier alpha value is -2.02. The van der Waals surface area contributed by atoms with E-state index in [1.54, 1.807) is 0 Å². The number of aryl methyl sites for hydroxylation is 1. The van der Waals surface area contributed by atoms with Gasteiger partial charge >= 0.3 is 0 Å². The lowest BCUT2D eigenvalue weighted by Crippen LogP contribution is -2.88. The molecule has 22 heavy (non-hydrogen) atoms. The van der Waals surface area contributed by atoms with E-state index in [0.29, 0.717) is 12.4 Å². The van der Waals surface area contributed by atoms with Gasteiger partial charge in [0.15, 0.2) is 10.8 Å². The third kappa shape index (κ3) is 1.19. The number of hydrogen-bond donors (Lipinski definition) is 2. The van der Waals surface area contributed by atoms with Gasteiger partial charge in [0.2, 0.25) is 0 Å². The number of ether oxygens (including phenoxy) is 1. The fourth-order valence-electron chi connectivity index (χ4n) is 4.17. The van der Waals surface area contributed by atoms with Crippen LogP contribution in [0.25, 0.3) is 0 Å². The number of thioether (sulfide) groups is 1. The van der Waals surface area contributed by atoms with E-state index in [0.717, 1.165) is 16.9 Å². The minimum absolute atomic E-state index is 0.262. The molecule has 3 aliphatic rings. The van der Waals surface area contributed by atoms with Gasteiger partial charge in [-0.1, -0.05) is 41.6 Å². The normalized spacial score (nSPS) is 41.6. The third-order valence-corrected chi connectivity index (χ3v) is 6.39. The number of benzene rings is 1. The van der Waals surface area contributed by atoms with Crippen molar-refractivity contribution in [2.24, 2.45) is 16.6 Å². The highest BCUT2D eigenvalue weighted by Gasteiger charge is 2.96. The molecule has 1 spiro atoms. The zero-order valence-electron chi connectivity index (χ0n) is 12.1. The zero-order chi connectivity index (χ0) is 15.6. The molecule has 0 bridgehead atoms. The minimum Gasteiger partial charge on any atom is -0.327 e. The van der Waals surface area contributed by atoms with E-state index >= 15 is 0 Å². The van der Waals surface area contributed by atoms with Crippen molar-refractivity contribution in [3.05, 3.63) is 35.4 Å².